The minimum Gasteiger partial charge on any atom is -0.484 e. The maximum atomic E-state index is 12.2. The normalized spacial score (nSPS) is 11.9. The second-order valence-corrected chi connectivity index (χ2v) is 6.74. The van der Waals surface area contributed by atoms with E-state index < -0.39 is 5.63 Å². The van der Waals surface area contributed by atoms with Crippen LogP contribution in [0.5, 0.6) is 5.75 Å². The van der Waals surface area contributed by atoms with Crippen LogP contribution in [-0.2, 0) is 4.79 Å². The summed E-state index contributed by atoms with van der Waals surface area (Å²) in [6.45, 7) is 1.90. The molecular formula is C20H18BrNO4. The maximum Gasteiger partial charge on any atom is 0.336 e. The molecule has 3 aromatic rings. The van der Waals surface area contributed by atoms with E-state index >= 15 is 0 Å². The number of hydrogen-bond donors (Lipinski definition) is 1. The summed E-state index contributed by atoms with van der Waals surface area (Å²) >= 11 is 3.41. The lowest BCUT2D eigenvalue weighted by molar-refractivity contribution is -0.123. The molecule has 1 aromatic heterocycles. The summed E-state index contributed by atoms with van der Waals surface area (Å²) in [4.78, 5) is 23.5. The van der Waals surface area contributed by atoms with Gasteiger partial charge in [-0.15, -0.1) is 0 Å². The van der Waals surface area contributed by atoms with E-state index in [4.69, 9.17) is 9.15 Å². The fourth-order valence-corrected chi connectivity index (χ4v) is 2.90. The highest BCUT2D eigenvalue weighted by molar-refractivity contribution is 9.10. The van der Waals surface area contributed by atoms with Gasteiger partial charge in [-0.05, 0) is 42.3 Å². The fraction of sp³-hybridized carbons (Fsp3) is 0.200. The average molecular weight is 416 g/mol. The van der Waals surface area contributed by atoms with Crippen LogP contribution in [0.4, 0.5) is 0 Å². The third kappa shape index (κ3) is 4.52. The number of carbonyl (C=O) groups excluding carboxylic acids is 1. The Bertz CT molecular complexity index is 965. The Morgan fingerprint density at radius 1 is 1.15 bits per heavy atom. The van der Waals surface area contributed by atoms with Crippen molar-refractivity contribution >= 4 is 32.8 Å². The number of fused-ring (bicyclic) bond motifs is 1. The van der Waals surface area contributed by atoms with Crippen LogP contribution in [0.25, 0.3) is 11.0 Å². The second-order valence-electron chi connectivity index (χ2n) is 5.82. The summed E-state index contributed by atoms with van der Waals surface area (Å²) in [6.07, 6.45) is 0.772. The number of carbonyl (C=O) groups is 1. The van der Waals surface area contributed by atoms with Gasteiger partial charge < -0.3 is 14.5 Å². The first kappa shape index (κ1) is 18.2. The van der Waals surface area contributed by atoms with Gasteiger partial charge >= 0.3 is 5.63 Å². The van der Waals surface area contributed by atoms with E-state index in [1.54, 1.807) is 24.3 Å². The Balaban J connectivity index is 1.62. The molecule has 1 atom stereocenters. The molecule has 2 aromatic carbocycles. The number of rotatable bonds is 6. The number of ether oxygens (including phenoxy) is 1. The zero-order chi connectivity index (χ0) is 18.5. The third-order valence-corrected chi connectivity index (χ3v) is 4.51. The molecule has 0 aliphatic rings. The van der Waals surface area contributed by atoms with Gasteiger partial charge in [0.2, 0.25) is 0 Å². The first-order valence-electron chi connectivity index (χ1n) is 8.26. The quantitative estimate of drug-likeness (QED) is 0.612. The van der Waals surface area contributed by atoms with E-state index in [-0.39, 0.29) is 18.6 Å². The van der Waals surface area contributed by atoms with Crippen LogP contribution in [0.3, 0.4) is 0 Å². The van der Waals surface area contributed by atoms with Crippen molar-refractivity contribution in [3.8, 4) is 5.75 Å². The summed E-state index contributed by atoms with van der Waals surface area (Å²) in [5.74, 6) is 0.257. The summed E-state index contributed by atoms with van der Waals surface area (Å²) in [6, 6.07) is 15.9. The van der Waals surface area contributed by atoms with Gasteiger partial charge in [-0.1, -0.05) is 35.0 Å². The molecule has 3 rings (SSSR count). The first-order valence-corrected chi connectivity index (χ1v) is 9.06. The predicted molar refractivity (Wildman–Crippen MR) is 103 cm³/mol. The highest BCUT2D eigenvalue weighted by Gasteiger charge is 2.13. The van der Waals surface area contributed by atoms with Crippen LogP contribution in [0.1, 0.15) is 24.9 Å². The van der Waals surface area contributed by atoms with Crippen molar-refractivity contribution in [3.05, 3.63) is 75.1 Å². The van der Waals surface area contributed by atoms with E-state index in [2.05, 4.69) is 21.2 Å². The molecular weight excluding hydrogens is 398 g/mol. The molecule has 0 saturated carbocycles. The van der Waals surface area contributed by atoms with E-state index in [0.29, 0.717) is 11.3 Å². The third-order valence-electron chi connectivity index (χ3n) is 3.98. The van der Waals surface area contributed by atoms with E-state index in [1.807, 2.05) is 31.2 Å². The minimum atomic E-state index is -0.423. The fourth-order valence-electron chi connectivity index (χ4n) is 2.63. The molecule has 0 fully saturated rings. The maximum absolute atomic E-state index is 12.2. The Morgan fingerprint density at radius 3 is 2.62 bits per heavy atom. The summed E-state index contributed by atoms with van der Waals surface area (Å²) in [5, 5.41) is 3.76. The highest BCUT2D eigenvalue weighted by atomic mass is 79.9. The largest absolute Gasteiger partial charge is 0.484 e. The van der Waals surface area contributed by atoms with Gasteiger partial charge in [0, 0.05) is 22.0 Å². The van der Waals surface area contributed by atoms with Crippen molar-refractivity contribution in [1.29, 1.82) is 0 Å². The van der Waals surface area contributed by atoms with Crippen molar-refractivity contribution in [3.63, 3.8) is 0 Å². The van der Waals surface area contributed by atoms with E-state index in [9.17, 15) is 9.59 Å². The lowest BCUT2D eigenvalue weighted by Crippen LogP contribution is -2.32. The number of hydrogen-bond acceptors (Lipinski definition) is 4. The topological polar surface area (TPSA) is 68.5 Å². The molecule has 0 unspecified atom stereocenters. The summed E-state index contributed by atoms with van der Waals surface area (Å²) < 4.78 is 11.6. The Hall–Kier alpha value is -2.60. The van der Waals surface area contributed by atoms with Gasteiger partial charge in [-0.3, -0.25) is 4.79 Å². The van der Waals surface area contributed by atoms with Gasteiger partial charge in [0.25, 0.3) is 5.91 Å². The van der Waals surface area contributed by atoms with Gasteiger partial charge in [-0.25, -0.2) is 4.79 Å². The number of benzene rings is 2. The van der Waals surface area contributed by atoms with Crippen LogP contribution in [0, 0.1) is 0 Å². The Kier molecular flexibility index (Phi) is 5.73. The summed E-state index contributed by atoms with van der Waals surface area (Å²) in [5.41, 5.74) is 1.04. The minimum absolute atomic E-state index is 0.0752. The lowest BCUT2D eigenvalue weighted by atomic mass is 10.0. The summed E-state index contributed by atoms with van der Waals surface area (Å²) in [7, 11) is 0. The molecule has 0 aliphatic heterocycles. The molecule has 0 saturated heterocycles. The zero-order valence-corrected chi connectivity index (χ0v) is 15.8. The number of halogens is 1. The smallest absolute Gasteiger partial charge is 0.336 e. The molecule has 26 heavy (non-hydrogen) atoms. The van der Waals surface area contributed by atoms with Crippen LogP contribution in [0.15, 0.2) is 68.3 Å². The van der Waals surface area contributed by atoms with Crippen LogP contribution in [0.2, 0.25) is 0 Å². The zero-order valence-electron chi connectivity index (χ0n) is 14.2. The highest BCUT2D eigenvalue weighted by Crippen LogP contribution is 2.21. The monoisotopic (exact) mass is 415 g/mol. The molecule has 0 spiro atoms. The molecule has 1 N–H and O–H groups in total. The SMILES string of the molecule is CC[C@@H](NC(=O)COc1ccc2ccc(=O)oc2c1)c1ccc(Br)cc1. The molecule has 5 nitrogen and oxygen atoms in total. The molecule has 0 aliphatic carbocycles. The van der Waals surface area contributed by atoms with E-state index in [0.717, 1.165) is 21.8 Å². The van der Waals surface area contributed by atoms with Crippen LogP contribution < -0.4 is 15.7 Å². The van der Waals surface area contributed by atoms with Gasteiger partial charge in [0.1, 0.15) is 11.3 Å². The molecule has 6 heteroatoms. The predicted octanol–water partition coefficient (Wildman–Crippen LogP) is 4.20. The lowest BCUT2D eigenvalue weighted by Gasteiger charge is -2.18. The van der Waals surface area contributed by atoms with Crippen LogP contribution >= 0.6 is 15.9 Å². The molecule has 0 bridgehead atoms. The molecule has 1 amide bonds. The standard InChI is InChI=1S/C20H18BrNO4/c1-2-17(13-3-7-15(21)8-4-13)22-19(23)12-25-16-9-5-14-6-10-20(24)26-18(14)11-16/h3-11,17H,2,12H2,1H3,(H,22,23)/t17-/m1/s1. The second kappa shape index (κ2) is 8.19. The van der Waals surface area contributed by atoms with Gasteiger partial charge in [0.05, 0.1) is 6.04 Å². The number of nitrogens with one attached hydrogen (secondary N) is 1. The Morgan fingerprint density at radius 2 is 1.88 bits per heavy atom. The number of amides is 1. The Labute approximate surface area is 159 Å². The first-order chi connectivity index (χ1) is 12.5. The molecule has 0 radical (unpaired) electrons. The van der Waals surface area contributed by atoms with Crippen molar-refractivity contribution in [2.45, 2.75) is 19.4 Å². The van der Waals surface area contributed by atoms with Gasteiger partial charge in [0.15, 0.2) is 6.61 Å². The van der Waals surface area contributed by atoms with Crippen LogP contribution in [-0.4, -0.2) is 12.5 Å². The van der Waals surface area contributed by atoms with E-state index in [1.165, 1.54) is 6.07 Å². The molecule has 1 heterocycles. The van der Waals surface area contributed by atoms with Crippen molar-refractivity contribution in [2.24, 2.45) is 0 Å². The van der Waals surface area contributed by atoms with Crippen molar-refractivity contribution < 1.29 is 13.9 Å². The van der Waals surface area contributed by atoms with Gasteiger partial charge in [-0.2, -0.15) is 0 Å². The average Bonchev–Trinajstić information content (AvgIpc) is 2.65. The van der Waals surface area contributed by atoms with Crippen molar-refractivity contribution in [2.75, 3.05) is 6.61 Å². The van der Waals surface area contributed by atoms with Crippen molar-refractivity contribution in [1.82, 2.24) is 5.32 Å². The molecule has 134 valence electrons.